The molecule has 1 amide bonds. The molecule has 2 aromatic rings. The van der Waals surface area contributed by atoms with Gasteiger partial charge in [-0.25, -0.2) is 8.42 Å². The third kappa shape index (κ3) is 4.65. The van der Waals surface area contributed by atoms with Gasteiger partial charge in [0, 0.05) is 30.1 Å². The molecule has 0 N–H and O–H groups in total. The molecule has 7 heteroatoms. The Morgan fingerprint density at radius 2 is 1.44 bits per heavy atom. The molecule has 0 aromatic heterocycles. The molecule has 0 unspecified atom stereocenters. The van der Waals surface area contributed by atoms with Crippen LogP contribution in [-0.4, -0.2) is 45.1 Å². The number of hydrogen-bond donors (Lipinski definition) is 0. The van der Waals surface area contributed by atoms with Crippen molar-refractivity contribution >= 4 is 33.4 Å². The zero-order chi connectivity index (χ0) is 20.0. The maximum atomic E-state index is 13.0. The fourth-order valence-corrected chi connectivity index (χ4v) is 4.71. The van der Waals surface area contributed by atoms with Crippen LogP contribution in [0.5, 0.6) is 0 Å². The number of amides is 1. The summed E-state index contributed by atoms with van der Waals surface area (Å²) in [5, 5.41) is 0. The number of benzene rings is 2. The van der Waals surface area contributed by atoms with E-state index < -0.39 is 10.0 Å². The van der Waals surface area contributed by atoms with E-state index in [1.165, 1.54) is 4.31 Å². The molecule has 0 bridgehead atoms. The lowest BCUT2D eigenvalue weighted by molar-refractivity contribution is 0.0773. The third-order valence-electron chi connectivity index (χ3n) is 4.39. The van der Waals surface area contributed by atoms with Gasteiger partial charge in [-0.05, 0) is 75.6 Å². The Hall–Kier alpha value is -1.99. The number of nitrogens with zero attached hydrogens (tertiary/aromatic N) is 2. The second-order valence-corrected chi connectivity index (χ2v) is 8.61. The number of hydrogen-bond acceptors (Lipinski definition) is 4. The molecule has 5 nitrogen and oxygen atoms in total. The molecule has 0 saturated carbocycles. The molecule has 27 heavy (non-hydrogen) atoms. The summed E-state index contributed by atoms with van der Waals surface area (Å²) >= 11 is 1.56. The van der Waals surface area contributed by atoms with Gasteiger partial charge in [-0.2, -0.15) is 0 Å². The lowest BCUT2D eigenvalue weighted by Gasteiger charge is -2.24. The number of anilines is 1. The van der Waals surface area contributed by atoms with Crippen molar-refractivity contribution in [2.45, 2.75) is 30.6 Å². The van der Waals surface area contributed by atoms with E-state index in [0.29, 0.717) is 30.9 Å². The monoisotopic (exact) mass is 406 g/mol. The predicted molar refractivity (Wildman–Crippen MR) is 112 cm³/mol. The van der Waals surface area contributed by atoms with Crippen molar-refractivity contribution in [3.8, 4) is 0 Å². The zero-order valence-corrected chi connectivity index (χ0v) is 17.8. The first-order valence-corrected chi connectivity index (χ1v) is 11.6. The molecular formula is C20H26N2O3S2. The van der Waals surface area contributed by atoms with Crippen molar-refractivity contribution < 1.29 is 13.2 Å². The van der Waals surface area contributed by atoms with Crippen LogP contribution in [-0.2, 0) is 10.0 Å². The molecule has 0 heterocycles. The Bertz CT molecular complexity index is 859. The molecule has 0 radical (unpaired) electrons. The molecule has 0 aliphatic rings. The number of rotatable bonds is 8. The number of carbonyl (C=O) groups excluding carboxylic acids is 1. The average molecular weight is 407 g/mol. The fraction of sp³-hybridized carbons (Fsp3) is 0.350. The lowest BCUT2D eigenvalue weighted by Crippen LogP contribution is -2.31. The van der Waals surface area contributed by atoms with Crippen LogP contribution in [0.25, 0.3) is 0 Å². The Morgan fingerprint density at radius 1 is 0.889 bits per heavy atom. The highest BCUT2D eigenvalue weighted by Crippen LogP contribution is 2.25. The minimum absolute atomic E-state index is 0.0508. The summed E-state index contributed by atoms with van der Waals surface area (Å²) in [4.78, 5) is 15.4. The fourth-order valence-electron chi connectivity index (χ4n) is 2.83. The first kappa shape index (κ1) is 21.3. The summed E-state index contributed by atoms with van der Waals surface area (Å²) in [6.45, 7) is 7.24. The zero-order valence-electron chi connectivity index (χ0n) is 16.2. The van der Waals surface area contributed by atoms with Gasteiger partial charge in [-0.1, -0.05) is 0 Å². The normalized spacial score (nSPS) is 11.3. The van der Waals surface area contributed by atoms with Gasteiger partial charge < -0.3 is 4.90 Å². The van der Waals surface area contributed by atoms with Crippen LogP contribution in [0.4, 0.5) is 5.69 Å². The molecule has 0 fully saturated rings. The highest BCUT2D eigenvalue weighted by molar-refractivity contribution is 7.98. The van der Waals surface area contributed by atoms with Crippen molar-refractivity contribution in [1.29, 1.82) is 0 Å². The topological polar surface area (TPSA) is 57.7 Å². The molecule has 2 aromatic carbocycles. The van der Waals surface area contributed by atoms with Crippen LogP contribution in [0.15, 0.2) is 58.3 Å². The van der Waals surface area contributed by atoms with Crippen LogP contribution >= 0.6 is 11.8 Å². The molecule has 0 aliphatic heterocycles. The summed E-state index contributed by atoms with van der Waals surface area (Å²) in [7, 11) is -3.66. The highest BCUT2D eigenvalue weighted by atomic mass is 32.2. The molecule has 0 spiro atoms. The van der Waals surface area contributed by atoms with E-state index in [9.17, 15) is 13.2 Å². The summed E-state index contributed by atoms with van der Waals surface area (Å²) in [5.41, 5.74) is 1.10. The van der Waals surface area contributed by atoms with Gasteiger partial charge in [-0.3, -0.25) is 9.10 Å². The van der Waals surface area contributed by atoms with Gasteiger partial charge in [0.15, 0.2) is 0 Å². The number of thioether (sulfide) groups is 1. The second kappa shape index (κ2) is 9.28. The van der Waals surface area contributed by atoms with Crippen molar-refractivity contribution in [2.24, 2.45) is 0 Å². The molecule has 2 rings (SSSR count). The van der Waals surface area contributed by atoms with E-state index in [1.54, 1.807) is 72.1 Å². The molecule has 0 aliphatic carbocycles. The number of carbonyl (C=O) groups is 1. The molecule has 146 valence electrons. The van der Waals surface area contributed by atoms with Crippen molar-refractivity contribution in [3.05, 3.63) is 54.1 Å². The standard InChI is InChI=1S/C20H26N2O3S2/c1-5-21(6-2)20(23)16-8-10-17(11-9-16)22(7-3)27(24,25)19-14-12-18(26-4)13-15-19/h8-15H,5-7H2,1-4H3. The average Bonchev–Trinajstić information content (AvgIpc) is 2.69. The molecule has 0 atom stereocenters. The smallest absolute Gasteiger partial charge is 0.264 e. The quantitative estimate of drug-likeness (QED) is 0.619. The minimum atomic E-state index is -3.66. The van der Waals surface area contributed by atoms with E-state index >= 15 is 0 Å². The van der Waals surface area contributed by atoms with E-state index in [0.717, 1.165) is 4.90 Å². The van der Waals surface area contributed by atoms with E-state index in [2.05, 4.69) is 0 Å². The van der Waals surface area contributed by atoms with Crippen LogP contribution in [0, 0.1) is 0 Å². The predicted octanol–water partition coefficient (Wildman–Crippen LogP) is 4.11. The van der Waals surface area contributed by atoms with E-state index in [4.69, 9.17) is 0 Å². The van der Waals surface area contributed by atoms with Gasteiger partial charge in [0.05, 0.1) is 10.6 Å². The van der Waals surface area contributed by atoms with Crippen molar-refractivity contribution in [3.63, 3.8) is 0 Å². The van der Waals surface area contributed by atoms with Crippen LogP contribution < -0.4 is 4.31 Å². The maximum Gasteiger partial charge on any atom is 0.264 e. The Kier molecular flexibility index (Phi) is 7.33. The van der Waals surface area contributed by atoms with Crippen LogP contribution in [0.3, 0.4) is 0 Å². The Labute approximate surface area is 166 Å². The lowest BCUT2D eigenvalue weighted by atomic mass is 10.2. The SMILES string of the molecule is CCN(CC)C(=O)c1ccc(N(CC)S(=O)(=O)c2ccc(SC)cc2)cc1. The first-order chi connectivity index (χ1) is 12.9. The minimum Gasteiger partial charge on any atom is -0.339 e. The largest absolute Gasteiger partial charge is 0.339 e. The van der Waals surface area contributed by atoms with Gasteiger partial charge in [-0.15, -0.1) is 11.8 Å². The van der Waals surface area contributed by atoms with E-state index in [1.807, 2.05) is 20.1 Å². The summed E-state index contributed by atoms with van der Waals surface area (Å²) < 4.78 is 27.4. The Balaban J connectivity index is 2.32. The Morgan fingerprint density at radius 3 is 1.89 bits per heavy atom. The van der Waals surface area contributed by atoms with Gasteiger partial charge in [0.25, 0.3) is 15.9 Å². The maximum absolute atomic E-state index is 13.0. The summed E-state index contributed by atoms with van der Waals surface area (Å²) in [6, 6.07) is 13.6. The molecule has 0 saturated heterocycles. The van der Waals surface area contributed by atoms with Gasteiger partial charge in [0.2, 0.25) is 0 Å². The summed E-state index contributed by atoms with van der Waals surface area (Å²) in [6.07, 6.45) is 1.95. The van der Waals surface area contributed by atoms with Gasteiger partial charge >= 0.3 is 0 Å². The molecular weight excluding hydrogens is 380 g/mol. The van der Waals surface area contributed by atoms with E-state index in [-0.39, 0.29) is 10.8 Å². The highest BCUT2D eigenvalue weighted by Gasteiger charge is 2.24. The third-order valence-corrected chi connectivity index (χ3v) is 7.05. The van der Waals surface area contributed by atoms with Crippen molar-refractivity contribution in [2.75, 3.05) is 30.2 Å². The van der Waals surface area contributed by atoms with Crippen molar-refractivity contribution in [1.82, 2.24) is 4.90 Å². The van der Waals surface area contributed by atoms with Gasteiger partial charge in [0.1, 0.15) is 0 Å². The first-order valence-electron chi connectivity index (χ1n) is 8.95. The summed E-state index contributed by atoms with van der Waals surface area (Å²) in [5.74, 6) is -0.0508. The second-order valence-electron chi connectivity index (χ2n) is 5.87. The van der Waals surface area contributed by atoms with Crippen LogP contribution in [0.2, 0.25) is 0 Å². The number of sulfonamides is 1. The van der Waals surface area contributed by atoms with Crippen LogP contribution in [0.1, 0.15) is 31.1 Å².